The Kier molecular flexibility index (Phi) is 9.36. The molecule has 0 aliphatic rings. The third-order valence-electron chi connectivity index (χ3n) is 5.71. The monoisotopic (exact) mass is 630 g/mol. The number of ether oxygens (including phenoxy) is 1. The number of amides is 2. The summed E-state index contributed by atoms with van der Waals surface area (Å²) in [5, 5.41) is 8.43. The molecule has 0 spiro atoms. The van der Waals surface area contributed by atoms with Gasteiger partial charge < -0.3 is 25.7 Å². The first-order chi connectivity index (χ1) is 19.8. The van der Waals surface area contributed by atoms with Gasteiger partial charge in [-0.05, 0) is 42.0 Å². The molecule has 2 heterocycles. The number of nitrogens with one attached hydrogen (secondary N) is 4. The standard InChI is InChI=1S/C26H21Cl2F5N6O3/c1-2-19(40)34-10-12-3-8-16(27)21(20(12)28)37-25-36-17-9-15(24(38-22(17)39-25)42-11-18(29)30)23(41)35-14-6-4-13(5-7-14)26(31,32)33/h3-9,18H,2,10-11H2,1H3,(H,34,40)(H,35,41)(H2,36,37,38,39). The zero-order chi connectivity index (χ0) is 30.6. The Morgan fingerprint density at radius 2 is 1.79 bits per heavy atom. The van der Waals surface area contributed by atoms with Gasteiger partial charge >= 0.3 is 6.18 Å². The van der Waals surface area contributed by atoms with Crippen molar-refractivity contribution in [3.05, 3.63) is 69.2 Å². The number of carbonyl (C=O) groups excluding carboxylic acids is 2. The lowest BCUT2D eigenvalue weighted by atomic mass is 10.2. The van der Waals surface area contributed by atoms with E-state index in [1.54, 1.807) is 19.1 Å². The second-order valence-electron chi connectivity index (χ2n) is 8.68. The van der Waals surface area contributed by atoms with E-state index in [1.807, 2.05) is 0 Å². The van der Waals surface area contributed by atoms with Crippen molar-refractivity contribution in [2.24, 2.45) is 0 Å². The molecule has 16 heteroatoms. The molecule has 0 aliphatic heterocycles. The van der Waals surface area contributed by atoms with Gasteiger partial charge in [0.1, 0.15) is 5.56 Å². The number of pyridine rings is 1. The molecule has 0 bridgehead atoms. The van der Waals surface area contributed by atoms with Crippen molar-refractivity contribution in [3.8, 4) is 5.88 Å². The number of alkyl halides is 5. The van der Waals surface area contributed by atoms with Crippen LogP contribution < -0.4 is 20.7 Å². The van der Waals surface area contributed by atoms with E-state index in [4.69, 9.17) is 27.9 Å². The Morgan fingerprint density at radius 1 is 1.07 bits per heavy atom. The number of anilines is 3. The summed E-state index contributed by atoms with van der Waals surface area (Å²) >= 11 is 12.8. The normalized spacial score (nSPS) is 11.5. The van der Waals surface area contributed by atoms with Gasteiger partial charge in [0.15, 0.2) is 12.3 Å². The third kappa shape index (κ3) is 7.36. The number of H-pyrrole nitrogens is 1. The van der Waals surface area contributed by atoms with E-state index in [2.05, 4.69) is 30.9 Å². The van der Waals surface area contributed by atoms with Gasteiger partial charge in [-0.3, -0.25) is 9.59 Å². The highest BCUT2D eigenvalue weighted by molar-refractivity contribution is 6.39. The molecule has 4 N–H and O–H groups in total. The number of halogens is 7. The first kappa shape index (κ1) is 30.8. The Bertz CT molecular complexity index is 1610. The molecule has 4 rings (SSSR count). The SMILES string of the molecule is CCC(=O)NCc1ccc(Cl)c(Nc2nc3nc(OCC(F)F)c(C(=O)Nc4ccc(C(F)(F)F)cc4)cc3[nH]2)c1Cl. The van der Waals surface area contributed by atoms with Crippen molar-refractivity contribution in [3.63, 3.8) is 0 Å². The van der Waals surface area contributed by atoms with Crippen LogP contribution in [0.1, 0.15) is 34.8 Å². The summed E-state index contributed by atoms with van der Waals surface area (Å²) in [4.78, 5) is 35.8. The number of hydrogen-bond donors (Lipinski definition) is 4. The highest BCUT2D eigenvalue weighted by atomic mass is 35.5. The van der Waals surface area contributed by atoms with Crippen LogP contribution in [0.4, 0.5) is 39.3 Å². The smallest absolute Gasteiger partial charge is 0.416 e. The van der Waals surface area contributed by atoms with Crippen molar-refractivity contribution >= 4 is 63.5 Å². The molecule has 0 unspecified atom stereocenters. The summed E-state index contributed by atoms with van der Waals surface area (Å²) in [6.07, 6.45) is -7.17. The number of carbonyl (C=O) groups is 2. The quantitative estimate of drug-likeness (QED) is 0.141. The van der Waals surface area contributed by atoms with Crippen LogP contribution in [-0.2, 0) is 17.5 Å². The van der Waals surface area contributed by atoms with Gasteiger partial charge in [-0.1, -0.05) is 36.2 Å². The molecule has 4 aromatic rings. The average molecular weight is 631 g/mol. The molecule has 0 saturated heterocycles. The minimum Gasteiger partial charge on any atom is -0.471 e. The van der Waals surface area contributed by atoms with Gasteiger partial charge in [-0.25, -0.2) is 8.78 Å². The van der Waals surface area contributed by atoms with Gasteiger partial charge in [0.25, 0.3) is 12.3 Å². The molecule has 9 nitrogen and oxygen atoms in total. The number of hydrogen-bond acceptors (Lipinski definition) is 6. The Balaban J connectivity index is 1.63. The molecule has 2 aromatic carbocycles. The second kappa shape index (κ2) is 12.8. The van der Waals surface area contributed by atoms with Crippen LogP contribution in [0.5, 0.6) is 5.88 Å². The number of rotatable bonds is 10. The first-order valence-electron chi connectivity index (χ1n) is 12.2. The lowest BCUT2D eigenvalue weighted by molar-refractivity contribution is -0.137. The maximum atomic E-state index is 13.0. The van der Waals surface area contributed by atoms with Crippen molar-refractivity contribution in [2.75, 3.05) is 17.2 Å². The summed E-state index contributed by atoms with van der Waals surface area (Å²) in [6.45, 7) is 0.761. The molecule has 0 atom stereocenters. The molecular formula is C26H21Cl2F5N6O3. The van der Waals surface area contributed by atoms with Crippen LogP contribution in [0.2, 0.25) is 10.0 Å². The summed E-state index contributed by atoms with van der Waals surface area (Å²) in [5.41, 5.74) is -0.232. The number of aromatic amines is 1. The van der Waals surface area contributed by atoms with Crippen LogP contribution >= 0.6 is 23.2 Å². The van der Waals surface area contributed by atoms with Gasteiger partial charge in [0.2, 0.25) is 17.7 Å². The van der Waals surface area contributed by atoms with E-state index < -0.39 is 36.6 Å². The van der Waals surface area contributed by atoms with Crippen molar-refractivity contribution in [1.29, 1.82) is 0 Å². The fourth-order valence-corrected chi connectivity index (χ4v) is 4.16. The Labute approximate surface area is 244 Å². The summed E-state index contributed by atoms with van der Waals surface area (Å²) in [6, 6.07) is 8.08. The number of imidazole rings is 1. The lowest BCUT2D eigenvalue weighted by Crippen LogP contribution is -2.21. The number of nitrogens with zero attached hydrogens (tertiary/aromatic N) is 2. The predicted octanol–water partition coefficient (Wildman–Crippen LogP) is 6.95. The van der Waals surface area contributed by atoms with Gasteiger partial charge in [-0.2, -0.15) is 23.1 Å². The van der Waals surface area contributed by atoms with E-state index >= 15 is 0 Å². The largest absolute Gasteiger partial charge is 0.471 e. The molecule has 0 radical (unpaired) electrons. The van der Waals surface area contributed by atoms with E-state index in [0.29, 0.717) is 5.56 Å². The van der Waals surface area contributed by atoms with Crippen molar-refractivity contribution in [2.45, 2.75) is 32.5 Å². The number of aromatic nitrogens is 3. The molecule has 0 fully saturated rings. The highest BCUT2D eigenvalue weighted by Crippen LogP contribution is 2.36. The maximum absolute atomic E-state index is 13.0. The zero-order valence-electron chi connectivity index (χ0n) is 21.5. The van der Waals surface area contributed by atoms with E-state index in [0.717, 1.165) is 24.3 Å². The van der Waals surface area contributed by atoms with Crippen LogP contribution in [0.25, 0.3) is 11.2 Å². The van der Waals surface area contributed by atoms with Crippen LogP contribution in [-0.4, -0.2) is 39.8 Å². The van der Waals surface area contributed by atoms with Crippen LogP contribution in [0.3, 0.4) is 0 Å². The van der Waals surface area contributed by atoms with Gasteiger partial charge in [-0.15, -0.1) is 0 Å². The molecule has 0 aliphatic carbocycles. The lowest BCUT2D eigenvalue weighted by Gasteiger charge is -2.12. The maximum Gasteiger partial charge on any atom is 0.416 e. The average Bonchev–Trinajstić information content (AvgIpc) is 3.34. The van der Waals surface area contributed by atoms with Crippen LogP contribution in [0, 0.1) is 0 Å². The van der Waals surface area contributed by atoms with E-state index in [9.17, 15) is 31.5 Å². The third-order valence-corrected chi connectivity index (χ3v) is 6.46. The molecule has 2 amide bonds. The Morgan fingerprint density at radius 3 is 2.43 bits per heavy atom. The van der Waals surface area contributed by atoms with Crippen molar-refractivity contribution < 1.29 is 36.3 Å². The highest BCUT2D eigenvalue weighted by Gasteiger charge is 2.30. The number of benzene rings is 2. The van der Waals surface area contributed by atoms with Crippen molar-refractivity contribution in [1.82, 2.24) is 20.3 Å². The summed E-state index contributed by atoms with van der Waals surface area (Å²) < 4.78 is 69.4. The van der Waals surface area contributed by atoms with Crippen LogP contribution in [0.15, 0.2) is 42.5 Å². The van der Waals surface area contributed by atoms with Gasteiger partial charge in [0, 0.05) is 18.7 Å². The summed E-state index contributed by atoms with van der Waals surface area (Å²) in [7, 11) is 0. The number of fused-ring (bicyclic) bond motifs is 1. The molecular weight excluding hydrogens is 610 g/mol. The Hall–Kier alpha value is -4.17. The zero-order valence-corrected chi connectivity index (χ0v) is 23.0. The minimum absolute atomic E-state index is 0.0131. The van der Waals surface area contributed by atoms with E-state index in [-0.39, 0.29) is 63.0 Å². The topological polar surface area (TPSA) is 121 Å². The fourth-order valence-electron chi connectivity index (χ4n) is 3.62. The fraction of sp³-hybridized carbons (Fsp3) is 0.231. The molecule has 2 aromatic heterocycles. The second-order valence-corrected chi connectivity index (χ2v) is 9.46. The molecule has 0 saturated carbocycles. The van der Waals surface area contributed by atoms with Gasteiger partial charge in [0.05, 0.1) is 26.8 Å². The molecule has 42 heavy (non-hydrogen) atoms. The predicted molar refractivity (Wildman–Crippen MR) is 147 cm³/mol. The molecule has 222 valence electrons. The van der Waals surface area contributed by atoms with E-state index in [1.165, 1.54) is 6.07 Å². The first-order valence-corrected chi connectivity index (χ1v) is 12.9. The summed E-state index contributed by atoms with van der Waals surface area (Å²) in [5.74, 6) is -1.47. The minimum atomic E-state index is -4.57.